The Balaban J connectivity index is 0.000000337. The number of β-lactam (4-membered cyclic amide) rings is 1. The molecule has 1 aliphatic heterocycles. The molecule has 0 radical (unpaired) electrons. The van der Waals surface area contributed by atoms with Crippen LogP contribution in [0.25, 0.3) is 0 Å². The highest BCUT2D eigenvalue weighted by molar-refractivity contribution is 5.93. The standard InChI is InChI=1S/C14H17N3O3.C9H11NO2.C7H14.CH4O/c18-12(7-6-10-4-2-1-3-5-10)15-9-13(19)17-11-8-16-14(11)20;10-8(6-11)5-7-1-3-9(12)4-2-7;1-7-5-3-2-4-6-7;1-2/h1-5,11H,6-9H2,(H,15,18)(H,16,20)(H,17,19);1-4,6,8,12H,5,10H2;7H,2-6H2,1H3;2H,1H3. The van der Waals surface area contributed by atoms with E-state index in [1.165, 1.54) is 32.1 Å². The Bertz CT molecular complexity index is 1030. The van der Waals surface area contributed by atoms with E-state index in [1.54, 1.807) is 24.3 Å². The third-order valence-electron chi connectivity index (χ3n) is 6.54. The van der Waals surface area contributed by atoms with Gasteiger partial charge in [-0.1, -0.05) is 81.5 Å². The second-order valence-corrected chi connectivity index (χ2v) is 10.0. The van der Waals surface area contributed by atoms with Crippen LogP contribution in [0, 0.1) is 5.92 Å². The van der Waals surface area contributed by atoms with Gasteiger partial charge in [-0.25, -0.2) is 0 Å². The van der Waals surface area contributed by atoms with Gasteiger partial charge in [-0.05, 0) is 42.0 Å². The third-order valence-corrected chi connectivity index (χ3v) is 6.54. The number of aliphatic hydroxyl groups is 1. The summed E-state index contributed by atoms with van der Waals surface area (Å²) in [6.07, 6.45) is 9.64. The van der Waals surface area contributed by atoms with E-state index in [9.17, 15) is 19.2 Å². The summed E-state index contributed by atoms with van der Waals surface area (Å²) in [5, 5.41) is 23.5. The van der Waals surface area contributed by atoms with E-state index in [2.05, 4.69) is 22.9 Å². The van der Waals surface area contributed by atoms with E-state index < -0.39 is 12.1 Å². The maximum absolute atomic E-state index is 11.6. The summed E-state index contributed by atoms with van der Waals surface area (Å²) >= 11 is 0. The van der Waals surface area contributed by atoms with Crippen molar-refractivity contribution in [1.29, 1.82) is 0 Å². The molecular formula is C31H46N4O6. The molecule has 0 aromatic heterocycles. The normalized spacial score (nSPS) is 16.3. The number of nitrogens with two attached hydrogens (primary N) is 1. The number of aryl methyl sites for hydroxylation is 1. The molecule has 4 rings (SSSR count). The predicted molar refractivity (Wildman–Crippen MR) is 159 cm³/mol. The molecule has 1 saturated heterocycles. The Kier molecular flexibility index (Phi) is 18.1. The quantitative estimate of drug-likeness (QED) is 0.198. The number of aliphatic hydroxyl groups excluding tert-OH is 1. The van der Waals surface area contributed by atoms with E-state index in [1.807, 2.05) is 30.3 Å². The first-order valence-corrected chi connectivity index (χ1v) is 14.1. The van der Waals surface area contributed by atoms with Crippen LogP contribution in [0.4, 0.5) is 0 Å². The SMILES string of the molecule is CC1CCCCC1.CO.NC(C=O)Cc1ccc(O)cc1.O=C(CCc1ccccc1)NCC(=O)NC1CNC1=O. The smallest absolute Gasteiger partial charge is 0.244 e. The number of benzene rings is 2. The molecule has 3 amide bonds. The molecule has 1 heterocycles. The molecule has 2 aromatic rings. The van der Waals surface area contributed by atoms with Crippen molar-refractivity contribution in [3.05, 3.63) is 65.7 Å². The summed E-state index contributed by atoms with van der Waals surface area (Å²) in [5.41, 5.74) is 7.45. The van der Waals surface area contributed by atoms with Crippen molar-refractivity contribution in [2.75, 3.05) is 20.2 Å². The largest absolute Gasteiger partial charge is 0.508 e. The first-order valence-electron chi connectivity index (χ1n) is 14.1. The number of aromatic hydroxyl groups is 1. The van der Waals surface area contributed by atoms with Crippen molar-refractivity contribution in [1.82, 2.24) is 16.0 Å². The van der Waals surface area contributed by atoms with Gasteiger partial charge in [0.15, 0.2) is 0 Å². The van der Waals surface area contributed by atoms with Crippen LogP contribution in [-0.2, 0) is 32.0 Å². The summed E-state index contributed by atoms with van der Waals surface area (Å²) in [7, 11) is 1.00. The van der Waals surface area contributed by atoms with Crippen molar-refractivity contribution < 1.29 is 29.4 Å². The number of carbonyl (C=O) groups is 4. The molecule has 7 N–H and O–H groups in total. The molecule has 2 fully saturated rings. The number of rotatable bonds is 9. The minimum atomic E-state index is -0.455. The number of hydrogen-bond donors (Lipinski definition) is 6. The molecule has 2 unspecified atom stereocenters. The van der Waals surface area contributed by atoms with Crippen LogP contribution in [-0.4, -0.2) is 66.5 Å². The fourth-order valence-electron chi connectivity index (χ4n) is 4.08. The summed E-state index contributed by atoms with van der Waals surface area (Å²) < 4.78 is 0. The van der Waals surface area contributed by atoms with Gasteiger partial charge in [0.05, 0.1) is 12.6 Å². The first kappa shape index (κ1) is 35.3. The Hall–Kier alpha value is -3.76. The van der Waals surface area contributed by atoms with Crippen molar-refractivity contribution in [3.8, 4) is 5.75 Å². The summed E-state index contributed by atoms with van der Waals surface area (Å²) in [4.78, 5) is 44.2. The highest BCUT2D eigenvalue weighted by Crippen LogP contribution is 2.22. The van der Waals surface area contributed by atoms with E-state index in [0.29, 0.717) is 32.1 Å². The lowest BCUT2D eigenvalue weighted by Gasteiger charge is -2.26. The van der Waals surface area contributed by atoms with Gasteiger partial charge in [0.2, 0.25) is 17.7 Å². The lowest BCUT2D eigenvalue weighted by atomic mass is 9.91. The average molecular weight is 571 g/mol. The summed E-state index contributed by atoms with van der Waals surface area (Å²) in [6, 6.07) is 15.4. The number of nitrogens with one attached hydrogen (secondary N) is 3. The molecular weight excluding hydrogens is 524 g/mol. The highest BCUT2D eigenvalue weighted by atomic mass is 16.3. The Morgan fingerprint density at radius 1 is 1.00 bits per heavy atom. The van der Waals surface area contributed by atoms with Crippen molar-refractivity contribution >= 4 is 24.0 Å². The van der Waals surface area contributed by atoms with E-state index >= 15 is 0 Å². The second-order valence-electron chi connectivity index (χ2n) is 10.0. The third kappa shape index (κ3) is 16.2. The molecule has 226 valence electrons. The molecule has 0 bridgehead atoms. The fraction of sp³-hybridized carbons (Fsp3) is 0.484. The molecule has 2 aromatic carbocycles. The van der Waals surface area contributed by atoms with Crippen LogP contribution in [0.15, 0.2) is 54.6 Å². The maximum atomic E-state index is 11.6. The Morgan fingerprint density at radius 3 is 2.12 bits per heavy atom. The summed E-state index contributed by atoms with van der Waals surface area (Å²) in [6.45, 7) is 2.71. The first-order chi connectivity index (χ1) is 19.8. The molecule has 2 atom stereocenters. The minimum absolute atomic E-state index is 0.0998. The zero-order valence-corrected chi connectivity index (χ0v) is 24.2. The monoisotopic (exact) mass is 570 g/mol. The second kappa shape index (κ2) is 21.0. The van der Waals surface area contributed by atoms with Crippen LogP contribution in [0.2, 0.25) is 0 Å². The predicted octanol–water partition coefficient (Wildman–Crippen LogP) is 2.01. The Labute approximate surface area is 243 Å². The molecule has 10 nitrogen and oxygen atoms in total. The summed E-state index contributed by atoms with van der Waals surface area (Å²) in [5.74, 6) is 0.543. The van der Waals surface area contributed by atoms with Crippen molar-refractivity contribution in [2.45, 2.75) is 70.4 Å². The molecule has 10 heteroatoms. The molecule has 0 spiro atoms. The van der Waals surface area contributed by atoms with Gasteiger partial charge in [-0.15, -0.1) is 0 Å². The number of carbonyl (C=O) groups excluding carboxylic acids is 4. The lowest BCUT2D eigenvalue weighted by molar-refractivity contribution is -0.133. The minimum Gasteiger partial charge on any atom is -0.508 e. The van der Waals surface area contributed by atoms with E-state index in [-0.39, 0.29) is 30.0 Å². The van der Waals surface area contributed by atoms with Gasteiger partial charge in [0.1, 0.15) is 18.1 Å². The fourth-order valence-corrected chi connectivity index (χ4v) is 4.08. The van der Waals surface area contributed by atoms with Gasteiger partial charge in [-0.2, -0.15) is 0 Å². The molecule has 2 aliphatic rings. The van der Waals surface area contributed by atoms with Crippen LogP contribution < -0.4 is 21.7 Å². The van der Waals surface area contributed by atoms with Crippen LogP contribution in [0.5, 0.6) is 5.75 Å². The topological polar surface area (TPSA) is 171 Å². The Morgan fingerprint density at radius 2 is 1.63 bits per heavy atom. The van der Waals surface area contributed by atoms with Gasteiger partial charge < -0.3 is 36.7 Å². The van der Waals surface area contributed by atoms with Crippen molar-refractivity contribution in [3.63, 3.8) is 0 Å². The number of amides is 3. The number of aldehydes is 1. The van der Waals surface area contributed by atoms with Crippen LogP contribution in [0.1, 0.15) is 56.6 Å². The van der Waals surface area contributed by atoms with Gasteiger partial charge in [-0.3, -0.25) is 14.4 Å². The van der Waals surface area contributed by atoms with Gasteiger partial charge in [0, 0.05) is 20.1 Å². The lowest BCUT2D eigenvalue weighted by Crippen LogP contribution is -2.62. The van der Waals surface area contributed by atoms with E-state index in [4.69, 9.17) is 15.9 Å². The zero-order valence-electron chi connectivity index (χ0n) is 24.2. The van der Waals surface area contributed by atoms with E-state index in [0.717, 1.165) is 24.2 Å². The van der Waals surface area contributed by atoms with Crippen LogP contribution >= 0.6 is 0 Å². The zero-order chi connectivity index (χ0) is 30.5. The molecule has 41 heavy (non-hydrogen) atoms. The maximum Gasteiger partial charge on any atom is 0.244 e. The molecule has 1 saturated carbocycles. The number of phenolic OH excluding ortho intramolecular Hbond substituents is 1. The number of phenols is 1. The van der Waals surface area contributed by atoms with Crippen LogP contribution in [0.3, 0.4) is 0 Å². The van der Waals surface area contributed by atoms with Gasteiger partial charge in [0.25, 0.3) is 0 Å². The average Bonchev–Trinajstić information content (AvgIpc) is 3.00. The molecule has 1 aliphatic carbocycles. The highest BCUT2D eigenvalue weighted by Gasteiger charge is 2.28. The van der Waals surface area contributed by atoms with Gasteiger partial charge >= 0.3 is 0 Å². The number of hydrogen-bond acceptors (Lipinski definition) is 7. The van der Waals surface area contributed by atoms with Crippen molar-refractivity contribution in [2.24, 2.45) is 11.7 Å².